The highest BCUT2D eigenvalue weighted by Gasteiger charge is 2.26. The van der Waals surface area contributed by atoms with Crippen molar-refractivity contribution in [1.82, 2.24) is 0 Å². The van der Waals surface area contributed by atoms with Gasteiger partial charge in [0.2, 0.25) is 0 Å². The summed E-state index contributed by atoms with van der Waals surface area (Å²) in [6, 6.07) is 10.1. The van der Waals surface area contributed by atoms with Gasteiger partial charge in [0.05, 0.1) is 12.0 Å². The van der Waals surface area contributed by atoms with E-state index >= 15 is 0 Å². The van der Waals surface area contributed by atoms with E-state index in [1.807, 2.05) is 0 Å². The first kappa shape index (κ1) is 19.1. The van der Waals surface area contributed by atoms with E-state index in [0.717, 1.165) is 30.5 Å². The van der Waals surface area contributed by atoms with Crippen molar-refractivity contribution in [2.24, 2.45) is 0 Å². The van der Waals surface area contributed by atoms with Crippen LogP contribution in [0.1, 0.15) is 22.5 Å². The fourth-order valence-corrected chi connectivity index (χ4v) is 4.42. The van der Waals surface area contributed by atoms with Crippen LogP contribution in [0.4, 0.5) is 20.2 Å². The predicted octanol–water partition coefficient (Wildman–Crippen LogP) is 3.95. The van der Waals surface area contributed by atoms with Gasteiger partial charge in [-0.15, -0.1) is 0 Å². The van der Waals surface area contributed by atoms with Gasteiger partial charge < -0.3 is 9.32 Å². The molecule has 29 heavy (non-hydrogen) atoms. The number of carbonyl (C=O) groups is 1. The number of hydrogen-bond donors (Lipinski definition) is 1. The monoisotopic (exact) mass is 418 g/mol. The molecule has 0 unspecified atom stereocenters. The number of carbonyl (C=O) groups excluding carboxylic acids is 1. The Labute approximate surface area is 165 Å². The summed E-state index contributed by atoms with van der Waals surface area (Å²) in [5.41, 5.74) is 1.54. The molecule has 0 fully saturated rings. The van der Waals surface area contributed by atoms with E-state index in [0.29, 0.717) is 18.3 Å². The van der Waals surface area contributed by atoms with Crippen molar-refractivity contribution in [3.63, 3.8) is 0 Å². The van der Waals surface area contributed by atoms with E-state index in [1.165, 1.54) is 23.3 Å². The number of anilines is 2. The van der Waals surface area contributed by atoms with Crippen molar-refractivity contribution in [3.8, 4) is 0 Å². The molecule has 0 bridgehead atoms. The Bertz CT molecular complexity index is 1180. The van der Waals surface area contributed by atoms with E-state index in [9.17, 15) is 22.0 Å². The van der Waals surface area contributed by atoms with E-state index < -0.39 is 26.6 Å². The Balaban J connectivity index is 1.68. The number of aryl methyl sites for hydroxylation is 1. The highest BCUT2D eigenvalue weighted by atomic mass is 32.2. The zero-order valence-corrected chi connectivity index (χ0v) is 15.9. The molecule has 9 heteroatoms. The van der Waals surface area contributed by atoms with Crippen LogP contribution in [0.5, 0.6) is 0 Å². The van der Waals surface area contributed by atoms with Gasteiger partial charge in [-0.3, -0.25) is 9.52 Å². The number of fused-ring (bicyclic) bond motifs is 1. The molecule has 0 saturated heterocycles. The summed E-state index contributed by atoms with van der Waals surface area (Å²) >= 11 is 0. The van der Waals surface area contributed by atoms with Crippen molar-refractivity contribution in [3.05, 3.63) is 77.8 Å². The van der Waals surface area contributed by atoms with Gasteiger partial charge in [-0.2, -0.15) is 0 Å². The lowest BCUT2D eigenvalue weighted by atomic mass is 10.0. The molecule has 0 atom stereocenters. The number of benzene rings is 2. The molecule has 150 valence electrons. The summed E-state index contributed by atoms with van der Waals surface area (Å²) in [6.07, 6.45) is 2.87. The second-order valence-electron chi connectivity index (χ2n) is 6.56. The van der Waals surface area contributed by atoms with E-state index in [-0.39, 0.29) is 17.4 Å². The summed E-state index contributed by atoms with van der Waals surface area (Å²) in [5, 5.41) is 0. The summed E-state index contributed by atoms with van der Waals surface area (Å²) in [5.74, 6) is -2.10. The van der Waals surface area contributed by atoms with Crippen LogP contribution in [0.25, 0.3) is 0 Å². The van der Waals surface area contributed by atoms with Crippen LogP contribution < -0.4 is 9.62 Å². The molecule has 1 aromatic heterocycles. The minimum atomic E-state index is -4.36. The number of furan rings is 1. The molecule has 1 aliphatic heterocycles. The second-order valence-corrected chi connectivity index (χ2v) is 8.21. The zero-order chi connectivity index (χ0) is 20.6. The second kappa shape index (κ2) is 7.32. The average molecular weight is 418 g/mol. The van der Waals surface area contributed by atoms with Gasteiger partial charge >= 0.3 is 0 Å². The van der Waals surface area contributed by atoms with E-state index in [2.05, 4.69) is 4.72 Å². The van der Waals surface area contributed by atoms with Crippen LogP contribution in [-0.2, 0) is 16.4 Å². The zero-order valence-electron chi connectivity index (χ0n) is 15.1. The van der Waals surface area contributed by atoms with E-state index in [4.69, 9.17) is 4.42 Å². The van der Waals surface area contributed by atoms with E-state index in [1.54, 1.807) is 18.2 Å². The molecule has 6 nitrogen and oxygen atoms in total. The fraction of sp³-hybridized carbons (Fsp3) is 0.150. The van der Waals surface area contributed by atoms with Crippen molar-refractivity contribution >= 4 is 27.3 Å². The summed E-state index contributed by atoms with van der Waals surface area (Å²) in [4.78, 5) is 13.4. The van der Waals surface area contributed by atoms with Gasteiger partial charge in [0, 0.05) is 12.2 Å². The Hall–Kier alpha value is -3.20. The smallest absolute Gasteiger partial charge is 0.293 e. The Kier molecular flexibility index (Phi) is 4.83. The molecule has 0 saturated carbocycles. The van der Waals surface area contributed by atoms with Gasteiger partial charge in [0.1, 0.15) is 16.5 Å². The number of nitrogens with one attached hydrogen (secondary N) is 1. The maximum atomic E-state index is 13.9. The minimum Gasteiger partial charge on any atom is -0.459 e. The van der Waals surface area contributed by atoms with Crippen molar-refractivity contribution in [1.29, 1.82) is 0 Å². The molecule has 0 spiro atoms. The van der Waals surface area contributed by atoms with Crippen LogP contribution in [0, 0.1) is 11.6 Å². The lowest BCUT2D eigenvalue weighted by Crippen LogP contribution is -2.35. The molecule has 3 aromatic rings. The number of nitrogens with zero attached hydrogens (tertiary/aromatic N) is 1. The number of sulfonamides is 1. The third-order valence-corrected chi connectivity index (χ3v) is 6.01. The van der Waals surface area contributed by atoms with Crippen molar-refractivity contribution in [2.45, 2.75) is 17.7 Å². The normalized spacial score (nSPS) is 13.8. The summed E-state index contributed by atoms with van der Waals surface area (Å²) in [6.45, 7) is 0.446. The maximum Gasteiger partial charge on any atom is 0.293 e. The first-order valence-corrected chi connectivity index (χ1v) is 10.3. The minimum absolute atomic E-state index is 0.131. The molecule has 2 aromatic carbocycles. The predicted molar refractivity (Wildman–Crippen MR) is 102 cm³/mol. The Morgan fingerprint density at radius 2 is 1.93 bits per heavy atom. The van der Waals surface area contributed by atoms with Gasteiger partial charge in [-0.25, -0.2) is 17.2 Å². The average Bonchev–Trinajstić information content (AvgIpc) is 3.23. The fourth-order valence-electron chi connectivity index (χ4n) is 3.28. The molecule has 0 aliphatic carbocycles. The summed E-state index contributed by atoms with van der Waals surface area (Å²) in [7, 11) is -4.36. The Morgan fingerprint density at radius 3 is 2.69 bits per heavy atom. The molecular weight excluding hydrogens is 402 g/mol. The first-order chi connectivity index (χ1) is 13.8. The molecule has 1 N–H and O–H groups in total. The van der Waals surface area contributed by atoms with Gasteiger partial charge in [-0.1, -0.05) is 6.07 Å². The van der Waals surface area contributed by atoms with Crippen LogP contribution in [0.2, 0.25) is 0 Å². The quantitative estimate of drug-likeness (QED) is 0.696. The lowest BCUT2D eigenvalue weighted by Gasteiger charge is -2.29. The topological polar surface area (TPSA) is 79.6 Å². The van der Waals surface area contributed by atoms with Crippen molar-refractivity contribution < 1.29 is 26.4 Å². The number of hydrogen-bond acceptors (Lipinski definition) is 4. The maximum absolute atomic E-state index is 13.9. The summed E-state index contributed by atoms with van der Waals surface area (Å²) < 4.78 is 59.8. The molecule has 1 amide bonds. The molecular formula is C20H16F2N2O4S. The highest BCUT2D eigenvalue weighted by Crippen LogP contribution is 2.32. The Morgan fingerprint density at radius 1 is 1.10 bits per heavy atom. The van der Waals surface area contributed by atoms with Gasteiger partial charge in [0.15, 0.2) is 5.76 Å². The lowest BCUT2D eigenvalue weighted by molar-refractivity contribution is 0.0958. The number of rotatable bonds is 4. The van der Waals surface area contributed by atoms with Crippen LogP contribution in [0.3, 0.4) is 0 Å². The van der Waals surface area contributed by atoms with Gasteiger partial charge in [0.25, 0.3) is 15.9 Å². The van der Waals surface area contributed by atoms with Crippen molar-refractivity contribution in [2.75, 3.05) is 16.2 Å². The van der Waals surface area contributed by atoms with Crippen LogP contribution >= 0.6 is 0 Å². The molecule has 0 radical (unpaired) electrons. The third-order valence-electron chi connectivity index (χ3n) is 4.62. The standard InChI is InChI=1S/C20H16F2N2O4S/c21-14-6-8-16(22)19(11-14)29(26,27)23-15-7-5-13-3-1-9-24(17(13)12-15)20(25)18-4-2-10-28-18/h2,4-8,10-12,23H,1,3,9H2. The molecule has 2 heterocycles. The molecule has 4 rings (SSSR count). The SMILES string of the molecule is O=C(c1ccco1)N1CCCc2ccc(NS(=O)(=O)c3cc(F)ccc3F)cc21. The van der Waals surface area contributed by atoms with Gasteiger partial charge in [-0.05, 0) is 60.9 Å². The number of amides is 1. The largest absolute Gasteiger partial charge is 0.459 e. The van der Waals surface area contributed by atoms with Crippen LogP contribution in [0.15, 0.2) is 64.1 Å². The third kappa shape index (κ3) is 3.73. The molecule has 1 aliphatic rings. The first-order valence-electron chi connectivity index (χ1n) is 8.81. The van der Waals surface area contributed by atoms with Crippen LogP contribution in [-0.4, -0.2) is 20.9 Å². The highest BCUT2D eigenvalue weighted by molar-refractivity contribution is 7.92. The number of halogens is 2.